The zero-order valence-electron chi connectivity index (χ0n) is 53.9. The third-order valence-electron chi connectivity index (χ3n) is 14.2. The molecule has 0 aliphatic rings. The summed E-state index contributed by atoms with van der Waals surface area (Å²) in [7, 11) is 4.92. The van der Waals surface area contributed by atoms with Crippen molar-refractivity contribution in [3.63, 3.8) is 0 Å². The second kappa shape index (κ2) is 36.2. The Balaban J connectivity index is 0.000000687. The Bertz CT molecular complexity index is 3340. The molecule has 7 N–H and O–H groups in total. The van der Waals surface area contributed by atoms with Gasteiger partial charge in [-0.05, 0) is 120 Å². The molecule has 498 valence electrons. The summed E-state index contributed by atoms with van der Waals surface area (Å²) in [6, 6.07) is 21.4. The number of hydrogen-bond donors (Lipinski definition) is 7. The van der Waals surface area contributed by atoms with Crippen LogP contribution in [0.1, 0.15) is 89.0 Å². The molecule has 0 bridgehead atoms. The molecule has 0 saturated carbocycles. The monoisotopic (exact) mass is 1300 g/mol. The predicted octanol–water partition coefficient (Wildman–Crippen LogP) is 16.6. The quantitative estimate of drug-likeness (QED) is 0.00977. The lowest BCUT2D eigenvalue weighted by atomic mass is 10.1. The zero-order valence-corrected chi connectivity index (χ0v) is 55.9. The van der Waals surface area contributed by atoms with Crippen molar-refractivity contribution < 1.29 is 92.0 Å². The molecule has 0 heterocycles. The van der Waals surface area contributed by atoms with Crippen LogP contribution in [0, 0.1) is 0 Å². The third-order valence-corrected chi connectivity index (χ3v) is 22.9. The van der Waals surface area contributed by atoms with E-state index >= 15 is 0 Å². The molecule has 21 heteroatoms. The van der Waals surface area contributed by atoms with E-state index in [-0.39, 0.29) is 78.2 Å². The van der Waals surface area contributed by atoms with Gasteiger partial charge in [0.05, 0.1) is 48.2 Å². The second-order valence-corrected chi connectivity index (χ2v) is 31.8. The molecule has 0 aliphatic heterocycles. The Hall–Kier alpha value is -9.48. The number of phenols is 7. The van der Waals surface area contributed by atoms with E-state index in [0.29, 0.717) is 70.2 Å². The molecular formula is C70H96O19Si2. The summed E-state index contributed by atoms with van der Waals surface area (Å²) in [5, 5.41) is 64.9. The summed E-state index contributed by atoms with van der Waals surface area (Å²) in [6.45, 7) is 34.0. The van der Waals surface area contributed by atoms with Crippen LogP contribution in [-0.2, 0) is 0 Å². The molecule has 0 aromatic heterocycles. The number of carbonyl (C=O) groups excluding carboxylic acids is 1. The van der Waals surface area contributed by atoms with Crippen molar-refractivity contribution in [3.8, 4) is 103 Å². The number of para-hydroxylation sites is 1. The number of carbonyl (C=O) groups is 1. The molecule has 0 atom stereocenters. The minimum atomic E-state index is -2.26. The van der Waals surface area contributed by atoms with E-state index in [4.69, 9.17) is 66.8 Å². The third kappa shape index (κ3) is 21.6. The van der Waals surface area contributed by atoms with Gasteiger partial charge in [0.2, 0.25) is 23.0 Å². The molecular weight excluding hydrogens is 1200 g/mol. The van der Waals surface area contributed by atoms with E-state index in [1.165, 1.54) is 57.7 Å². The summed E-state index contributed by atoms with van der Waals surface area (Å²) in [4.78, 5) is 10.4. The van der Waals surface area contributed by atoms with Gasteiger partial charge in [0, 0.05) is 11.1 Å². The van der Waals surface area contributed by atoms with Gasteiger partial charge in [-0.3, -0.25) is 4.79 Å². The standard InChI is InChI=1S/C32H50O6Si2.C20H22O6.C10H10O4.C6H6O3.2CH4/c1-15-20-36-25-19-18-24(17-16-23-21-26(33-8)29(35-10)27(22-23)34-9)28(37-39(11,12)31(2,3)4)30(25)38-40(13,14)32(5,6)7;1-5-10-26-15-9-8-14(18(21)19(15)22)7-6-13-11-16(23-2)20(25-4)17(12-13)24-3;1-2-5-14-8-4-3-7(6-11)9(12)10(8)13;7-4-2-1-3-5(8)6(4)9;;/h15-19,21-22H,1,20H2,2-14H3;5-9,11-12,21-22H,1,10H2,2-4H3;2-4,6,12-13H,1,5H2;1-3,7-9H;2*1H4/b17-16-;7-6-;;;;. The molecule has 6 aromatic rings. The van der Waals surface area contributed by atoms with Crippen molar-refractivity contribution in [1.82, 2.24) is 0 Å². The van der Waals surface area contributed by atoms with Crippen LogP contribution in [0.4, 0.5) is 0 Å². The van der Waals surface area contributed by atoms with Crippen LogP contribution in [0.25, 0.3) is 24.3 Å². The maximum Gasteiger partial charge on any atom is 0.250 e. The number of rotatable bonds is 24. The van der Waals surface area contributed by atoms with Gasteiger partial charge in [-0.2, -0.15) is 0 Å². The van der Waals surface area contributed by atoms with Crippen LogP contribution in [0.5, 0.6) is 103 Å². The highest BCUT2D eigenvalue weighted by atomic mass is 28.4. The van der Waals surface area contributed by atoms with Crippen molar-refractivity contribution in [1.29, 1.82) is 0 Å². The molecule has 6 rings (SSSR count). The van der Waals surface area contributed by atoms with Gasteiger partial charge in [-0.15, -0.1) is 0 Å². The van der Waals surface area contributed by atoms with E-state index < -0.39 is 33.9 Å². The van der Waals surface area contributed by atoms with E-state index in [0.717, 1.165) is 16.7 Å². The highest BCUT2D eigenvalue weighted by molar-refractivity contribution is 6.75. The van der Waals surface area contributed by atoms with Gasteiger partial charge in [0.1, 0.15) is 19.8 Å². The largest absolute Gasteiger partial charge is 0.541 e. The molecule has 19 nitrogen and oxygen atoms in total. The first-order chi connectivity index (χ1) is 41.9. The lowest BCUT2D eigenvalue weighted by Gasteiger charge is -2.40. The number of ether oxygens (including phenoxy) is 9. The molecule has 91 heavy (non-hydrogen) atoms. The normalized spacial score (nSPS) is 11.0. The Morgan fingerprint density at radius 3 is 1.07 bits per heavy atom. The van der Waals surface area contributed by atoms with E-state index in [2.05, 4.69) is 87.5 Å². The van der Waals surface area contributed by atoms with Crippen LogP contribution in [-0.4, -0.2) is 121 Å². The highest BCUT2D eigenvalue weighted by Crippen LogP contribution is 2.50. The van der Waals surface area contributed by atoms with Gasteiger partial charge >= 0.3 is 0 Å². The smallest absolute Gasteiger partial charge is 0.250 e. The summed E-state index contributed by atoms with van der Waals surface area (Å²) >= 11 is 0. The fourth-order valence-corrected chi connectivity index (χ4v) is 9.21. The average molecular weight is 1300 g/mol. The maximum absolute atomic E-state index is 10.4. The van der Waals surface area contributed by atoms with Crippen molar-refractivity contribution in [2.24, 2.45) is 0 Å². The number of aldehydes is 1. The second-order valence-electron chi connectivity index (χ2n) is 22.4. The van der Waals surface area contributed by atoms with Crippen LogP contribution in [0.15, 0.2) is 117 Å². The van der Waals surface area contributed by atoms with Crippen molar-refractivity contribution >= 4 is 47.2 Å². The van der Waals surface area contributed by atoms with Gasteiger partial charge < -0.3 is 87.2 Å². The lowest BCUT2D eigenvalue weighted by Crippen LogP contribution is -2.46. The summed E-state index contributed by atoms with van der Waals surface area (Å²) in [5.41, 5.74) is 3.02. The van der Waals surface area contributed by atoms with E-state index in [1.54, 1.807) is 69.9 Å². The summed E-state index contributed by atoms with van der Waals surface area (Å²) < 4.78 is 63.0. The molecule has 0 amide bonds. The first-order valence-electron chi connectivity index (χ1n) is 27.9. The highest BCUT2D eigenvalue weighted by Gasteiger charge is 2.43. The first kappa shape index (κ1) is 79.5. The number of hydrogen-bond acceptors (Lipinski definition) is 19. The van der Waals surface area contributed by atoms with Crippen molar-refractivity contribution in [2.75, 3.05) is 62.5 Å². The topological polar surface area (TPSA) is 260 Å². The molecule has 0 radical (unpaired) electrons. The average Bonchev–Trinajstić information content (AvgIpc) is 1.03. The van der Waals surface area contributed by atoms with Gasteiger partial charge in [0.25, 0.3) is 16.6 Å². The summed E-state index contributed by atoms with van der Waals surface area (Å²) in [5.74, 6) is 3.02. The number of methoxy groups -OCH3 is 6. The van der Waals surface area contributed by atoms with E-state index in [9.17, 15) is 25.2 Å². The molecule has 0 unspecified atom stereocenters. The number of aromatic hydroxyl groups is 7. The minimum absolute atomic E-state index is 0. The zero-order chi connectivity index (χ0) is 67.0. The van der Waals surface area contributed by atoms with Gasteiger partial charge in [-0.1, -0.05) is 125 Å². The van der Waals surface area contributed by atoms with Crippen molar-refractivity contribution in [2.45, 2.75) is 92.7 Å². The van der Waals surface area contributed by atoms with Gasteiger partial charge in [0.15, 0.2) is 86.8 Å². The molecule has 0 fully saturated rings. The Kier molecular flexibility index (Phi) is 31.7. The van der Waals surface area contributed by atoms with Crippen LogP contribution in [0.2, 0.25) is 36.3 Å². The Morgan fingerprint density at radius 2 is 0.725 bits per heavy atom. The molecule has 0 saturated heterocycles. The summed E-state index contributed by atoms with van der Waals surface area (Å²) in [6.07, 6.45) is 12.7. The Morgan fingerprint density at radius 1 is 0.396 bits per heavy atom. The minimum Gasteiger partial charge on any atom is -0.541 e. The van der Waals surface area contributed by atoms with Crippen LogP contribution in [0.3, 0.4) is 0 Å². The lowest BCUT2D eigenvalue weighted by molar-refractivity contribution is 0.112. The van der Waals surface area contributed by atoms with Gasteiger partial charge in [-0.25, -0.2) is 0 Å². The molecule has 0 aliphatic carbocycles. The van der Waals surface area contributed by atoms with Crippen molar-refractivity contribution in [3.05, 3.63) is 145 Å². The first-order valence-corrected chi connectivity index (χ1v) is 33.7. The van der Waals surface area contributed by atoms with Crippen LogP contribution >= 0.6 is 0 Å². The fourth-order valence-electron chi connectivity index (χ4n) is 7.17. The number of phenolic OH excluding ortho intramolecular Hbond substituents is 7. The SMILES string of the molecule is C.C.C=CCOc1ccc(/C=C\c2cc(OC)c(OC)c(OC)c2)c(O)c1O.C=CCOc1ccc(/C=C\c2cc(OC)c(OC)c(OC)c2)c(O[Si](C)(C)C(C)(C)C)c1O[Si](C)(C)C(C)(C)C.C=CCOc1ccc(C=O)c(O)c1O.Oc1cccc(O)c1O. The number of benzene rings is 6. The molecule has 6 aromatic carbocycles. The molecule has 0 spiro atoms. The van der Waals surface area contributed by atoms with Crippen LogP contribution < -0.4 is 51.5 Å². The van der Waals surface area contributed by atoms with E-state index in [1.807, 2.05) is 36.4 Å². The maximum atomic E-state index is 10.4. The Labute approximate surface area is 540 Å². The predicted molar refractivity (Wildman–Crippen MR) is 369 cm³/mol. The fraction of sp³-hybridized carbons (Fsp3) is 0.329.